The van der Waals surface area contributed by atoms with Crippen LogP contribution in [0.3, 0.4) is 0 Å². The molecule has 3 atom stereocenters. The van der Waals surface area contributed by atoms with E-state index in [2.05, 4.69) is 15.4 Å². The fraction of sp³-hybridized carbons (Fsp3) is 0.581. The first kappa shape index (κ1) is 35.7. The molecule has 0 spiro atoms. The van der Waals surface area contributed by atoms with E-state index in [0.717, 1.165) is 6.92 Å². The number of carbonyl (C=O) groups is 5. The van der Waals surface area contributed by atoms with Crippen molar-refractivity contribution in [3.05, 3.63) is 46.8 Å². The Morgan fingerprint density at radius 1 is 1.00 bits per heavy atom. The minimum atomic E-state index is -5.10. The molecule has 1 aromatic carbocycles. The van der Waals surface area contributed by atoms with Crippen molar-refractivity contribution in [2.45, 2.75) is 72.6 Å². The van der Waals surface area contributed by atoms with Crippen LogP contribution < -0.4 is 10.6 Å². The average molecular weight is 640 g/mol. The van der Waals surface area contributed by atoms with Gasteiger partial charge in [-0.1, -0.05) is 27.7 Å². The Hall–Kier alpha value is -3.78. The van der Waals surface area contributed by atoms with Crippen LogP contribution in [0.2, 0.25) is 0 Å². The van der Waals surface area contributed by atoms with Crippen molar-refractivity contribution in [1.82, 2.24) is 15.5 Å². The van der Waals surface area contributed by atoms with E-state index in [1.165, 1.54) is 38.1 Å². The van der Waals surface area contributed by atoms with Crippen molar-refractivity contribution in [3.63, 3.8) is 0 Å². The number of esters is 1. The average Bonchev–Trinajstić information content (AvgIpc) is 3.38. The number of nitrogens with zero attached hydrogens (tertiary/aromatic N) is 2. The van der Waals surface area contributed by atoms with Gasteiger partial charge in [0, 0.05) is 44.0 Å². The first-order valence-corrected chi connectivity index (χ1v) is 15.0. The molecule has 5 amide bonds. The molecule has 2 aliphatic heterocycles. The third-order valence-corrected chi connectivity index (χ3v) is 8.12. The summed E-state index contributed by atoms with van der Waals surface area (Å²) in [5, 5.41) is 5.00. The van der Waals surface area contributed by atoms with Crippen LogP contribution in [0, 0.1) is 11.8 Å². The van der Waals surface area contributed by atoms with Gasteiger partial charge in [-0.25, -0.2) is 9.59 Å². The highest BCUT2D eigenvalue weighted by Crippen LogP contribution is 2.34. The van der Waals surface area contributed by atoms with Crippen LogP contribution in [0.5, 0.6) is 0 Å². The molecule has 2 fully saturated rings. The fourth-order valence-electron chi connectivity index (χ4n) is 5.59. The molecule has 0 radical (unpaired) electrons. The standard InChI is InChI=1S/C31H41F3N4O7/c1-18(2)24(26(31(32,33)34)45-21(6)39)36-30(43)38(15-7-8-20(38)5)29(42)25(19(3)4)35-27(40)22-9-11-23(12-10-22)28(41)37-13-16-44-17-14-37/h9-12,18-20,25H,7-8,13-17H2,1-6H3,(H-,35,36,40,43)/p+1/t20-,25+,38?/m1/s1. The van der Waals surface area contributed by atoms with Crippen molar-refractivity contribution in [2.24, 2.45) is 11.8 Å². The molecule has 1 unspecified atom stereocenters. The third-order valence-electron chi connectivity index (χ3n) is 8.12. The Kier molecular flexibility index (Phi) is 11.5. The summed E-state index contributed by atoms with van der Waals surface area (Å²) in [6, 6.07) is 3.17. The van der Waals surface area contributed by atoms with E-state index in [-0.39, 0.29) is 18.0 Å². The predicted octanol–water partition coefficient (Wildman–Crippen LogP) is 4.14. The minimum Gasteiger partial charge on any atom is -0.420 e. The SMILES string of the molecule is CC(=O)OC(=C(NC(=O)[N+]1(C(=O)[C@@H](NC(=O)c2ccc(C(=O)N3CCOCC3)cc2)C(C)C)CCC[C@H]1C)C(C)C)C(F)(F)F. The summed E-state index contributed by atoms with van der Waals surface area (Å²) in [6.07, 6.45) is -4.22. The maximum Gasteiger partial charge on any atom is 0.451 e. The number of hydrogen-bond acceptors (Lipinski definition) is 7. The van der Waals surface area contributed by atoms with E-state index in [1.54, 1.807) is 25.7 Å². The number of rotatable bonds is 8. The van der Waals surface area contributed by atoms with Crippen LogP contribution in [-0.2, 0) is 19.1 Å². The minimum absolute atomic E-state index is 0.00354. The number of morpholine rings is 1. The number of quaternary nitrogens is 1. The van der Waals surface area contributed by atoms with E-state index >= 15 is 0 Å². The summed E-state index contributed by atoms with van der Waals surface area (Å²) in [5.74, 6) is -5.79. The zero-order valence-electron chi connectivity index (χ0n) is 26.5. The van der Waals surface area contributed by atoms with Crippen molar-refractivity contribution < 1.29 is 51.1 Å². The lowest BCUT2D eigenvalue weighted by Crippen LogP contribution is -2.68. The monoisotopic (exact) mass is 639 g/mol. The summed E-state index contributed by atoms with van der Waals surface area (Å²) in [7, 11) is 0. The van der Waals surface area contributed by atoms with Gasteiger partial charge in [-0.2, -0.15) is 17.7 Å². The first-order valence-electron chi connectivity index (χ1n) is 15.0. The number of carbonyl (C=O) groups excluding carboxylic acids is 5. The van der Waals surface area contributed by atoms with Gasteiger partial charge in [0.25, 0.3) is 11.8 Å². The number of hydrogen-bond donors (Lipinski definition) is 2. The number of halogens is 3. The maximum atomic E-state index is 14.3. The number of alkyl halides is 3. The second-order valence-corrected chi connectivity index (χ2v) is 12.0. The molecule has 2 aliphatic rings. The smallest absolute Gasteiger partial charge is 0.420 e. The summed E-state index contributed by atoms with van der Waals surface area (Å²) < 4.78 is 50.7. The van der Waals surface area contributed by atoms with Crippen LogP contribution >= 0.6 is 0 Å². The van der Waals surface area contributed by atoms with Crippen LogP contribution in [0.4, 0.5) is 18.0 Å². The second-order valence-electron chi connectivity index (χ2n) is 12.0. The lowest BCUT2D eigenvalue weighted by atomic mass is 9.99. The number of amides is 5. The number of benzene rings is 1. The molecule has 2 saturated heterocycles. The predicted molar refractivity (Wildman–Crippen MR) is 156 cm³/mol. The van der Waals surface area contributed by atoms with Gasteiger partial charge >= 0.3 is 24.1 Å². The van der Waals surface area contributed by atoms with E-state index in [9.17, 15) is 37.1 Å². The summed E-state index contributed by atoms with van der Waals surface area (Å²) in [5.41, 5.74) is -0.111. The van der Waals surface area contributed by atoms with E-state index in [4.69, 9.17) is 4.74 Å². The van der Waals surface area contributed by atoms with Crippen molar-refractivity contribution in [3.8, 4) is 0 Å². The summed E-state index contributed by atoms with van der Waals surface area (Å²) in [6.45, 7) is 10.4. The molecule has 0 aromatic heterocycles. The highest BCUT2D eigenvalue weighted by atomic mass is 19.4. The van der Waals surface area contributed by atoms with Crippen LogP contribution in [0.1, 0.15) is 75.1 Å². The molecule has 3 rings (SSSR count). The molecule has 2 heterocycles. The molecule has 1 aromatic rings. The molecule has 0 aliphatic carbocycles. The van der Waals surface area contributed by atoms with Crippen molar-refractivity contribution in [1.29, 1.82) is 0 Å². The largest absolute Gasteiger partial charge is 0.451 e. The molecule has 11 nitrogen and oxygen atoms in total. The van der Waals surface area contributed by atoms with Gasteiger partial charge in [0.15, 0.2) is 0 Å². The maximum absolute atomic E-state index is 14.3. The zero-order valence-corrected chi connectivity index (χ0v) is 26.5. The quantitative estimate of drug-likeness (QED) is 0.248. The van der Waals surface area contributed by atoms with Gasteiger partial charge in [0.1, 0.15) is 12.1 Å². The van der Waals surface area contributed by atoms with Crippen LogP contribution in [0.25, 0.3) is 0 Å². The number of nitrogens with one attached hydrogen (secondary N) is 2. The number of imide groups is 1. The topological polar surface area (TPSA) is 131 Å². The number of ether oxygens (including phenoxy) is 2. The van der Waals surface area contributed by atoms with Crippen molar-refractivity contribution >= 4 is 29.7 Å². The Morgan fingerprint density at radius 3 is 2.04 bits per heavy atom. The zero-order chi connectivity index (χ0) is 33.7. The highest BCUT2D eigenvalue weighted by Gasteiger charge is 2.56. The summed E-state index contributed by atoms with van der Waals surface area (Å²) in [4.78, 5) is 67.4. The molecule has 14 heteroatoms. The summed E-state index contributed by atoms with van der Waals surface area (Å²) >= 11 is 0. The van der Waals surface area contributed by atoms with Gasteiger partial charge in [-0.3, -0.25) is 19.7 Å². The van der Waals surface area contributed by atoms with Crippen LogP contribution in [0.15, 0.2) is 35.7 Å². The first-order chi connectivity index (χ1) is 21.0. The lowest BCUT2D eigenvalue weighted by molar-refractivity contribution is -0.785. The molecule has 0 saturated carbocycles. The molecule has 0 bridgehead atoms. The number of urea groups is 1. The van der Waals surface area contributed by atoms with Crippen molar-refractivity contribution in [2.75, 3.05) is 32.8 Å². The van der Waals surface area contributed by atoms with Gasteiger partial charge < -0.3 is 19.7 Å². The van der Waals surface area contributed by atoms with Gasteiger partial charge in [-0.05, 0) is 43.0 Å². The van der Waals surface area contributed by atoms with Gasteiger partial charge in [0.2, 0.25) is 5.76 Å². The van der Waals surface area contributed by atoms with Gasteiger partial charge in [-0.15, -0.1) is 0 Å². The van der Waals surface area contributed by atoms with E-state index in [0.29, 0.717) is 44.7 Å². The molecule has 45 heavy (non-hydrogen) atoms. The normalized spacial score (nSPS) is 21.7. The Bertz CT molecular complexity index is 1320. The highest BCUT2D eigenvalue weighted by molar-refractivity contribution is 6.00. The second kappa shape index (κ2) is 14.5. The Balaban J connectivity index is 1.90. The third kappa shape index (κ3) is 8.09. The molecule has 248 valence electrons. The number of likely N-dealkylation sites (tertiary alicyclic amines) is 1. The van der Waals surface area contributed by atoms with Gasteiger partial charge in [0.05, 0.1) is 25.5 Å². The Morgan fingerprint density at radius 2 is 1.58 bits per heavy atom. The Labute approximate surface area is 260 Å². The molecular formula is C31H42F3N4O7+. The number of allylic oxidation sites excluding steroid dienone is 2. The van der Waals surface area contributed by atoms with E-state index < -0.39 is 69.8 Å². The molecule has 2 N–H and O–H groups in total. The van der Waals surface area contributed by atoms with E-state index in [1.807, 2.05) is 0 Å². The molecular weight excluding hydrogens is 597 g/mol. The lowest BCUT2D eigenvalue weighted by Gasteiger charge is -2.37. The van der Waals surface area contributed by atoms with Crippen LogP contribution in [-0.4, -0.2) is 90.2 Å². The fourth-order valence-corrected chi connectivity index (χ4v) is 5.59.